The molecule has 0 aromatic carbocycles. The zero-order chi connectivity index (χ0) is 18.4. The number of aromatic amines is 1. The van der Waals surface area contributed by atoms with Gasteiger partial charge in [0.25, 0.3) is 11.8 Å². The summed E-state index contributed by atoms with van der Waals surface area (Å²) in [7, 11) is 0. The topological polar surface area (TPSA) is 82.7 Å². The molecular formula is C18H27N3O4. The lowest BCUT2D eigenvalue weighted by molar-refractivity contribution is -0.144. The van der Waals surface area contributed by atoms with Crippen molar-refractivity contribution in [1.29, 1.82) is 0 Å². The van der Waals surface area contributed by atoms with E-state index in [-0.39, 0.29) is 17.4 Å². The minimum atomic E-state index is -0.458. The van der Waals surface area contributed by atoms with Crippen molar-refractivity contribution in [2.45, 2.75) is 33.3 Å². The third-order valence-electron chi connectivity index (χ3n) is 4.32. The highest BCUT2D eigenvalue weighted by Gasteiger charge is 2.27. The number of aromatic nitrogens is 1. The van der Waals surface area contributed by atoms with E-state index in [1.165, 1.54) is 18.3 Å². The van der Waals surface area contributed by atoms with Crippen LogP contribution in [0.15, 0.2) is 23.1 Å². The van der Waals surface area contributed by atoms with E-state index in [0.29, 0.717) is 44.3 Å². The number of piperazine rings is 1. The molecule has 7 nitrogen and oxygen atoms in total. The fourth-order valence-corrected chi connectivity index (χ4v) is 2.67. The SMILES string of the molecule is CC(C)CCO[C@@H](C)C(=O)N1CCN(C(=O)c2ccc(=O)[nH]c2)CC1. The second-order valence-electron chi connectivity index (χ2n) is 6.75. The zero-order valence-corrected chi connectivity index (χ0v) is 15.2. The van der Waals surface area contributed by atoms with E-state index < -0.39 is 6.10 Å². The van der Waals surface area contributed by atoms with E-state index in [0.717, 1.165) is 6.42 Å². The molecule has 1 aromatic heterocycles. The standard InChI is InChI=1S/C18H27N3O4/c1-13(2)6-11-25-14(3)17(23)20-7-9-21(10-8-20)18(24)15-4-5-16(22)19-12-15/h4-5,12-14H,6-11H2,1-3H3,(H,19,22)/t14-/m0/s1. The van der Waals surface area contributed by atoms with Gasteiger partial charge in [-0.3, -0.25) is 14.4 Å². The molecule has 2 heterocycles. The summed E-state index contributed by atoms with van der Waals surface area (Å²) in [6.07, 6.45) is 1.89. The van der Waals surface area contributed by atoms with E-state index in [2.05, 4.69) is 18.8 Å². The van der Waals surface area contributed by atoms with Gasteiger partial charge in [-0.1, -0.05) is 13.8 Å². The van der Waals surface area contributed by atoms with Crippen molar-refractivity contribution in [3.8, 4) is 0 Å². The van der Waals surface area contributed by atoms with Crippen LogP contribution in [0.3, 0.4) is 0 Å². The second-order valence-corrected chi connectivity index (χ2v) is 6.75. The lowest BCUT2D eigenvalue weighted by Crippen LogP contribution is -2.52. The van der Waals surface area contributed by atoms with Gasteiger partial charge in [-0.05, 0) is 25.3 Å². The fourth-order valence-electron chi connectivity index (χ4n) is 2.67. The van der Waals surface area contributed by atoms with Gasteiger partial charge < -0.3 is 19.5 Å². The average Bonchev–Trinajstić information content (AvgIpc) is 2.61. The zero-order valence-electron chi connectivity index (χ0n) is 15.2. The Bertz CT molecular complexity index is 627. The quantitative estimate of drug-likeness (QED) is 0.834. The molecule has 0 bridgehead atoms. The first-order chi connectivity index (χ1) is 11.9. The predicted molar refractivity (Wildman–Crippen MR) is 94.4 cm³/mol. The van der Waals surface area contributed by atoms with Crippen LogP contribution < -0.4 is 5.56 Å². The maximum atomic E-state index is 12.4. The molecular weight excluding hydrogens is 322 g/mol. The molecule has 1 aromatic rings. The molecule has 0 radical (unpaired) electrons. The van der Waals surface area contributed by atoms with Crippen LogP contribution in [0.5, 0.6) is 0 Å². The van der Waals surface area contributed by atoms with Crippen molar-refractivity contribution < 1.29 is 14.3 Å². The summed E-state index contributed by atoms with van der Waals surface area (Å²) in [5.74, 6) is 0.384. The molecule has 1 atom stereocenters. The highest BCUT2D eigenvalue weighted by Crippen LogP contribution is 2.10. The van der Waals surface area contributed by atoms with Gasteiger partial charge >= 0.3 is 0 Å². The van der Waals surface area contributed by atoms with Crippen LogP contribution in [-0.4, -0.2) is 65.5 Å². The van der Waals surface area contributed by atoms with Crippen molar-refractivity contribution in [2.75, 3.05) is 32.8 Å². The molecule has 7 heteroatoms. The van der Waals surface area contributed by atoms with Gasteiger partial charge in [0.05, 0.1) is 5.56 Å². The summed E-state index contributed by atoms with van der Waals surface area (Å²) in [4.78, 5) is 41.8. The molecule has 0 saturated carbocycles. The summed E-state index contributed by atoms with van der Waals surface area (Å²) >= 11 is 0. The van der Waals surface area contributed by atoms with Crippen LogP contribution in [-0.2, 0) is 9.53 Å². The second kappa shape index (κ2) is 8.80. The molecule has 0 aliphatic carbocycles. The Balaban J connectivity index is 1.82. The molecule has 1 aliphatic rings. The van der Waals surface area contributed by atoms with Crippen molar-refractivity contribution in [1.82, 2.24) is 14.8 Å². The molecule has 138 valence electrons. The number of ether oxygens (including phenoxy) is 1. The molecule has 0 spiro atoms. The average molecular weight is 349 g/mol. The molecule has 1 fully saturated rings. The summed E-state index contributed by atoms with van der Waals surface area (Å²) in [5, 5.41) is 0. The number of amides is 2. The van der Waals surface area contributed by atoms with Gasteiger partial charge in [0.1, 0.15) is 6.10 Å². The summed E-state index contributed by atoms with van der Waals surface area (Å²) in [6, 6.07) is 2.85. The molecule has 2 amide bonds. The third-order valence-corrected chi connectivity index (χ3v) is 4.32. The Hall–Kier alpha value is -2.15. The first kappa shape index (κ1) is 19.2. The van der Waals surface area contributed by atoms with E-state index >= 15 is 0 Å². The maximum absolute atomic E-state index is 12.4. The van der Waals surface area contributed by atoms with Crippen molar-refractivity contribution in [3.63, 3.8) is 0 Å². The Kier molecular flexibility index (Phi) is 6.75. The molecule has 0 unspecified atom stereocenters. The number of pyridine rings is 1. The van der Waals surface area contributed by atoms with Gasteiger partial charge in [0.2, 0.25) is 5.56 Å². The third kappa shape index (κ3) is 5.42. The van der Waals surface area contributed by atoms with Crippen LogP contribution in [0.1, 0.15) is 37.6 Å². The first-order valence-corrected chi connectivity index (χ1v) is 8.77. The number of carbonyl (C=O) groups is 2. The lowest BCUT2D eigenvalue weighted by Gasteiger charge is -2.36. The first-order valence-electron chi connectivity index (χ1n) is 8.77. The Morgan fingerprint density at radius 3 is 2.32 bits per heavy atom. The minimum absolute atomic E-state index is 0.0279. The summed E-state index contributed by atoms with van der Waals surface area (Å²) in [6.45, 7) is 8.53. The van der Waals surface area contributed by atoms with Gasteiger partial charge in [0, 0.05) is 45.0 Å². The molecule has 2 rings (SSSR count). The van der Waals surface area contributed by atoms with Gasteiger partial charge in [0.15, 0.2) is 0 Å². The number of rotatable bonds is 6. The van der Waals surface area contributed by atoms with Gasteiger partial charge in [-0.15, -0.1) is 0 Å². The molecule has 25 heavy (non-hydrogen) atoms. The van der Waals surface area contributed by atoms with E-state index in [1.807, 2.05) is 0 Å². The largest absolute Gasteiger partial charge is 0.369 e. The number of nitrogens with one attached hydrogen (secondary N) is 1. The molecule has 1 N–H and O–H groups in total. The Morgan fingerprint density at radius 2 is 1.76 bits per heavy atom. The minimum Gasteiger partial charge on any atom is -0.369 e. The van der Waals surface area contributed by atoms with E-state index in [4.69, 9.17) is 4.74 Å². The van der Waals surface area contributed by atoms with Crippen LogP contribution in [0.2, 0.25) is 0 Å². The smallest absolute Gasteiger partial charge is 0.255 e. The predicted octanol–water partition coefficient (Wildman–Crippen LogP) is 1.11. The van der Waals surface area contributed by atoms with Crippen LogP contribution in [0, 0.1) is 5.92 Å². The Morgan fingerprint density at radius 1 is 1.12 bits per heavy atom. The van der Waals surface area contributed by atoms with E-state index in [9.17, 15) is 14.4 Å². The number of carbonyl (C=O) groups excluding carboxylic acids is 2. The number of hydrogen-bond acceptors (Lipinski definition) is 4. The highest BCUT2D eigenvalue weighted by molar-refractivity contribution is 5.94. The number of H-pyrrole nitrogens is 1. The van der Waals surface area contributed by atoms with Crippen molar-refractivity contribution >= 4 is 11.8 Å². The summed E-state index contributed by atoms with van der Waals surface area (Å²) in [5.41, 5.74) is 0.211. The number of hydrogen-bond donors (Lipinski definition) is 1. The van der Waals surface area contributed by atoms with E-state index in [1.54, 1.807) is 16.7 Å². The monoisotopic (exact) mass is 349 g/mol. The van der Waals surface area contributed by atoms with Crippen LogP contribution in [0.25, 0.3) is 0 Å². The van der Waals surface area contributed by atoms with Crippen molar-refractivity contribution in [2.24, 2.45) is 5.92 Å². The van der Waals surface area contributed by atoms with Crippen molar-refractivity contribution in [3.05, 3.63) is 34.2 Å². The fraction of sp³-hybridized carbons (Fsp3) is 0.611. The summed E-state index contributed by atoms with van der Waals surface area (Å²) < 4.78 is 5.62. The van der Waals surface area contributed by atoms with Crippen LogP contribution >= 0.6 is 0 Å². The lowest BCUT2D eigenvalue weighted by atomic mass is 10.1. The molecule has 1 aliphatic heterocycles. The van der Waals surface area contributed by atoms with Gasteiger partial charge in [-0.25, -0.2) is 0 Å². The maximum Gasteiger partial charge on any atom is 0.255 e. The molecule has 1 saturated heterocycles. The van der Waals surface area contributed by atoms with Gasteiger partial charge in [-0.2, -0.15) is 0 Å². The Labute approximate surface area is 148 Å². The van der Waals surface area contributed by atoms with Crippen LogP contribution in [0.4, 0.5) is 0 Å². The number of nitrogens with zero attached hydrogens (tertiary/aromatic N) is 2. The normalized spacial score (nSPS) is 16.2. The highest BCUT2D eigenvalue weighted by atomic mass is 16.5.